The van der Waals surface area contributed by atoms with Gasteiger partial charge in [-0.2, -0.15) is 0 Å². The van der Waals surface area contributed by atoms with Gasteiger partial charge in [-0.25, -0.2) is 13.1 Å². The molecule has 0 bridgehead atoms. The van der Waals surface area contributed by atoms with Gasteiger partial charge in [0.15, 0.2) is 0 Å². The van der Waals surface area contributed by atoms with Crippen LogP contribution in [0.1, 0.15) is 17.7 Å². The Kier molecular flexibility index (Phi) is 5.95. The number of rotatable bonds is 8. The third-order valence-electron chi connectivity index (χ3n) is 3.42. The van der Waals surface area contributed by atoms with Crippen molar-refractivity contribution in [3.63, 3.8) is 0 Å². The van der Waals surface area contributed by atoms with Crippen molar-refractivity contribution in [2.24, 2.45) is 0 Å². The number of sulfonamides is 1. The molecule has 0 atom stereocenters. The van der Waals surface area contributed by atoms with Crippen molar-refractivity contribution in [1.82, 2.24) is 10.0 Å². The molecule has 2 N–H and O–H groups in total. The van der Waals surface area contributed by atoms with E-state index in [0.29, 0.717) is 25.8 Å². The molecule has 6 nitrogen and oxygen atoms in total. The number of amides is 1. The van der Waals surface area contributed by atoms with Crippen LogP contribution in [0.25, 0.3) is 0 Å². The van der Waals surface area contributed by atoms with Crippen LogP contribution in [0.15, 0.2) is 52.0 Å². The van der Waals surface area contributed by atoms with Crippen LogP contribution >= 0.6 is 0 Å². The molecule has 1 amide bonds. The maximum atomic E-state index is 11.8. The van der Waals surface area contributed by atoms with E-state index in [4.69, 9.17) is 4.42 Å². The van der Waals surface area contributed by atoms with Crippen LogP contribution in [-0.2, 0) is 27.7 Å². The summed E-state index contributed by atoms with van der Waals surface area (Å²) in [6.07, 6.45) is 3.19. The third-order valence-corrected chi connectivity index (χ3v) is 4.85. The quantitative estimate of drug-likeness (QED) is 0.764. The van der Waals surface area contributed by atoms with E-state index in [1.165, 1.54) is 19.2 Å². The summed E-state index contributed by atoms with van der Waals surface area (Å²) >= 11 is 0. The lowest BCUT2D eigenvalue weighted by atomic mass is 10.1. The summed E-state index contributed by atoms with van der Waals surface area (Å²) in [4.78, 5) is 12.0. The average Bonchev–Trinajstić information content (AvgIpc) is 3.07. The molecule has 2 aromatic rings. The van der Waals surface area contributed by atoms with Crippen LogP contribution < -0.4 is 10.0 Å². The van der Waals surface area contributed by atoms with Crippen molar-refractivity contribution < 1.29 is 17.6 Å². The second-order valence-corrected chi connectivity index (χ2v) is 6.92. The third kappa shape index (κ3) is 5.22. The molecule has 0 fully saturated rings. The highest BCUT2D eigenvalue weighted by atomic mass is 32.2. The predicted octanol–water partition coefficient (Wildman–Crippen LogP) is 1.48. The second-order valence-electron chi connectivity index (χ2n) is 5.03. The molecule has 0 spiro atoms. The summed E-state index contributed by atoms with van der Waals surface area (Å²) in [5.74, 6) is 0.801. The number of aryl methyl sites for hydroxylation is 1. The fourth-order valence-corrected chi connectivity index (χ4v) is 2.81. The Balaban J connectivity index is 1.75. The lowest BCUT2D eigenvalue weighted by Gasteiger charge is -2.06. The largest absolute Gasteiger partial charge is 0.469 e. The van der Waals surface area contributed by atoms with Crippen molar-refractivity contribution in [3.05, 3.63) is 54.0 Å². The predicted molar refractivity (Wildman–Crippen MR) is 86.4 cm³/mol. The second kappa shape index (κ2) is 7.94. The summed E-state index contributed by atoms with van der Waals surface area (Å²) in [5, 5.41) is 2.83. The minimum Gasteiger partial charge on any atom is -0.469 e. The SMILES string of the molecule is CNS(=O)(=O)c1ccc(CCC(=O)NCCc2ccco2)cc1. The molecule has 1 aromatic heterocycles. The van der Waals surface area contributed by atoms with Gasteiger partial charge in [0, 0.05) is 19.4 Å². The average molecular weight is 336 g/mol. The van der Waals surface area contributed by atoms with E-state index < -0.39 is 10.0 Å². The van der Waals surface area contributed by atoms with Crippen LogP contribution in [0.5, 0.6) is 0 Å². The highest BCUT2D eigenvalue weighted by Gasteiger charge is 2.10. The van der Waals surface area contributed by atoms with E-state index in [2.05, 4.69) is 10.0 Å². The lowest BCUT2D eigenvalue weighted by molar-refractivity contribution is -0.121. The molecule has 124 valence electrons. The number of hydrogen-bond acceptors (Lipinski definition) is 4. The molecule has 23 heavy (non-hydrogen) atoms. The molecule has 0 aliphatic heterocycles. The number of furan rings is 1. The number of nitrogens with one attached hydrogen (secondary N) is 2. The molecule has 1 heterocycles. The first-order chi connectivity index (χ1) is 11.0. The normalized spacial score (nSPS) is 11.3. The van der Waals surface area contributed by atoms with E-state index >= 15 is 0 Å². The standard InChI is InChI=1S/C16H20N2O4S/c1-17-23(20,21)15-7-4-13(5-8-15)6-9-16(19)18-11-10-14-3-2-12-22-14/h2-5,7-8,12,17H,6,9-11H2,1H3,(H,18,19). The van der Waals surface area contributed by atoms with Gasteiger partial charge >= 0.3 is 0 Å². The highest BCUT2D eigenvalue weighted by molar-refractivity contribution is 7.89. The molecular weight excluding hydrogens is 316 g/mol. The highest BCUT2D eigenvalue weighted by Crippen LogP contribution is 2.11. The van der Waals surface area contributed by atoms with Gasteiger partial charge in [0.05, 0.1) is 11.2 Å². The molecule has 0 radical (unpaired) electrons. The minimum atomic E-state index is -3.42. The molecule has 7 heteroatoms. The van der Waals surface area contributed by atoms with Gasteiger partial charge in [0.25, 0.3) is 0 Å². The molecule has 0 saturated carbocycles. The van der Waals surface area contributed by atoms with E-state index in [0.717, 1.165) is 11.3 Å². The summed E-state index contributed by atoms with van der Waals surface area (Å²) in [7, 11) is -2.05. The number of benzene rings is 1. The molecule has 0 aliphatic carbocycles. The number of carbonyl (C=O) groups is 1. The zero-order chi connectivity index (χ0) is 16.7. The minimum absolute atomic E-state index is 0.0384. The monoisotopic (exact) mass is 336 g/mol. The molecule has 0 saturated heterocycles. The smallest absolute Gasteiger partial charge is 0.240 e. The van der Waals surface area contributed by atoms with Gasteiger partial charge in [0.1, 0.15) is 5.76 Å². The van der Waals surface area contributed by atoms with Gasteiger partial charge < -0.3 is 9.73 Å². The topological polar surface area (TPSA) is 88.4 Å². The van der Waals surface area contributed by atoms with Crippen LogP contribution in [0.4, 0.5) is 0 Å². The van der Waals surface area contributed by atoms with Gasteiger partial charge in [-0.1, -0.05) is 12.1 Å². The fraction of sp³-hybridized carbons (Fsp3) is 0.312. The fourth-order valence-electron chi connectivity index (χ4n) is 2.08. The summed E-state index contributed by atoms with van der Waals surface area (Å²) in [6.45, 7) is 0.533. The van der Waals surface area contributed by atoms with Gasteiger partial charge in [-0.05, 0) is 43.3 Å². The maximum absolute atomic E-state index is 11.8. The van der Waals surface area contributed by atoms with Gasteiger partial charge in [0.2, 0.25) is 15.9 Å². The van der Waals surface area contributed by atoms with Crippen LogP contribution in [0, 0.1) is 0 Å². The lowest BCUT2D eigenvalue weighted by Crippen LogP contribution is -2.25. The first-order valence-electron chi connectivity index (χ1n) is 7.33. The maximum Gasteiger partial charge on any atom is 0.240 e. The Bertz CT molecular complexity index is 722. The van der Waals surface area contributed by atoms with Crippen molar-refractivity contribution in [2.45, 2.75) is 24.2 Å². The van der Waals surface area contributed by atoms with E-state index in [1.54, 1.807) is 18.4 Å². The van der Waals surface area contributed by atoms with Crippen LogP contribution in [0.3, 0.4) is 0 Å². The molecule has 1 aromatic carbocycles. The van der Waals surface area contributed by atoms with E-state index in [1.807, 2.05) is 12.1 Å². The Morgan fingerprint density at radius 3 is 2.48 bits per heavy atom. The molecular formula is C16H20N2O4S. The van der Waals surface area contributed by atoms with Crippen molar-refractivity contribution >= 4 is 15.9 Å². The Morgan fingerprint density at radius 2 is 1.87 bits per heavy atom. The summed E-state index contributed by atoms with van der Waals surface area (Å²) in [5.41, 5.74) is 0.918. The zero-order valence-corrected chi connectivity index (χ0v) is 13.7. The van der Waals surface area contributed by atoms with E-state index in [9.17, 15) is 13.2 Å². The molecule has 0 aliphatic rings. The van der Waals surface area contributed by atoms with Gasteiger partial charge in [-0.3, -0.25) is 4.79 Å². The number of hydrogen-bond donors (Lipinski definition) is 2. The first-order valence-corrected chi connectivity index (χ1v) is 8.81. The molecule has 2 rings (SSSR count). The zero-order valence-electron chi connectivity index (χ0n) is 12.9. The Labute approximate surface area is 135 Å². The van der Waals surface area contributed by atoms with Crippen LogP contribution in [0.2, 0.25) is 0 Å². The van der Waals surface area contributed by atoms with Gasteiger partial charge in [-0.15, -0.1) is 0 Å². The first kappa shape index (κ1) is 17.2. The van der Waals surface area contributed by atoms with Crippen molar-refractivity contribution in [2.75, 3.05) is 13.6 Å². The van der Waals surface area contributed by atoms with Crippen molar-refractivity contribution in [1.29, 1.82) is 0 Å². The van der Waals surface area contributed by atoms with E-state index in [-0.39, 0.29) is 10.8 Å². The Hall–Kier alpha value is -2.12. The van der Waals surface area contributed by atoms with Crippen molar-refractivity contribution in [3.8, 4) is 0 Å². The summed E-state index contributed by atoms with van der Waals surface area (Å²) in [6, 6.07) is 10.2. The summed E-state index contributed by atoms with van der Waals surface area (Å²) < 4.78 is 30.7. The molecule has 0 unspecified atom stereocenters. The Morgan fingerprint density at radius 1 is 1.13 bits per heavy atom. The van der Waals surface area contributed by atoms with Crippen LogP contribution in [-0.4, -0.2) is 27.9 Å². The number of carbonyl (C=O) groups excluding carboxylic acids is 1.